The van der Waals surface area contributed by atoms with Crippen molar-refractivity contribution in [2.45, 2.75) is 30.4 Å². The molecular formula is C19H19ClFN3O2S. The predicted octanol–water partition coefficient (Wildman–Crippen LogP) is 3.67. The maximum Gasteiger partial charge on any atom is 0.332 e. The van der Waals surface area contributed by atoms with E-state index in [2.05, 4.69) is 4.98 Å². The lowest BCUT2D eigenvalue weighted by molar-refractivity contribution is 0.617. The Kier molecular flexibility index (Phi) is 5.72. The van der Waals surface area contributed by atoms with Gasteiger partial charge in [0.2, 0.25) is 0 Å². The standard InChI is InChI=1S/C19H19ClFN3O2S/c1-4-6-11-9-22-17-15(18(25)24(3)19(26)23(17)2)16(11)27-10-12-13(20)7-5-8-14(12)21/h5,7-9H,4,6,10H2,1-3H3. The van der Waals surface area contributed by atoms with Crippen LogP contribution < -0.4 is 11.2 Å². The molecule has 27 heavy (non-hydrogen) atoms. The Morgan fingerprint density at radius 3 is 2.63 bits per heavy atom. The summed E-state index contributed by atoms with van der Waals surface area (Å²) in [6, 6.07) is 4.56. The first-order chi connectivity index (χ1) is 12.9. The lowest BCUT2D eigenvalue weighted by Gasteiger charge is -2.14. The lowest BCUT2D eigenvalue weighted by atomic mass is 10.1. The van der Waals surface area contributed by atoms with Crippen LogP contribution in [0.3, 0.4) is 0 Å². The number of thioether (sulfide) groups is 1. The number of nitrogens with zero attached hydrogens (tertiary/aromatic N) is 3. The molecule has 8 heteroatoms. The molecule has 0 bridgehead atoms. The number of benzene rings is 1. The Hall–Kier alpha value is -2.12. The minimum Gasteiger partial charge on any atom is -0.280 e. The number of aromatic nitrogens is 3. The summed E-state index contributed by atoms with van der Waals surface area (Å²) < 4.78 is 16.6. The van der Waals surface area contributed by atoms with Gasteiger partial charge in [-0.15, -0.1) is 11.8 Å². The average molecular weight is 408 g/mol. The number of fused-ring (bicyclic) bond motifs is 1. The predicted molar refractivity (Wildman–Crippen MR) is 107 cm³/mol. The second-order valence-corrected chi connectivity index (χ2v) is 7.65. The first-order valence-corrected chi connectivity index (χ1v) is 9.86. The molecule has 0 radical (unpaired) electrons. The van der Waals surface area contributed by atoms with Gasteiger partial charge in [-0.3, -0.25) is 13.9 Å². The minimum atomic E-state index is -0.434. The van der Waals surface area contributed by atoms with Gasteiger partial charge in [0.15, 0.2) is 0 Å². The molecule has 0 atom stereocenters. The van der Waals surface area contributed by atoms with E-state index in [0.29, 0.717) is 21.6 Å². The Labute approximate surface area is 164 Å². The quantitative estimate of drug-likeness (QED) is 0.605. The zero-order chi connectivity index (χ0) is 19.7. The normalized spacial score (nSPS) is 11.3. The number of pyridine rings is 1. The molecule has 3 aromatic rings. The van der Waals surface area contributed by atoms with Gasteiger partial charge in [0.1, 0.15) is 11.5 Å². The van der Waals surface area contributed by atoms with Gasteiger partial charge in [-0.05, 0) is 24.1 Å². The minimum absolute atomic E-state index is 0.271. The van der Waals surface area contributed by atoms with E-state index >= 15 is 0 Å². The molecule has 142 valence electrons. The molecule has 0 fully saturated rings. The van der Waals surface area contributed by atoms with Gasteiger partial charge >= 0.3 is 5.69 Å². The summed E-state index contributed by atoms with van der Waals surface area (Å²) >= 11 is 7.48. The fraction of sp³-hybridized carbons (Fsp3) is 0.316. The van der Waals surface area contributed by atoms with Gasteiger partial charge in [0, 0.05) is 41.5 Å². The fourth-order valence-corrected chi connectivity index (χ4v) is 4.52. The van der Waals surface area contributed by atoms with Crippen molar-refractivity contribution in [2.24, 2.45) is 14.1 Å². The number of hydrogen-bond acceptors (Lipinski definition) is 4. The topological polar surface area (TPSA) is 56.9 Å². The number of aryl methyl sites for hydroxylation is 2. The molecule has 1 aromatic carbocycles. The Morgan fingerprint density at radius 1 is 1.22 bits per heavy atom. The summed E-state index contributed by atoms with van der Waals surface area (Å²) in [5.41, 5.74) is 0.776. The van der Waals surface area contributed by atoms with Gasteiger partial charge in [-0.2, -0.15) is 0 Å². The van der Waals surface area contributed by atoms with Crippen LogP contribution in [0, 0.1) is 5.82 Å². The molecule has 2 heterocycles. The van der Waals surface area contributed by atoms with Crippen molar-refractivity contribution in [1.82, 2.24) is 14.1 Å². The largest absolute Gasteiger partial charge is 0.332 e. The van der Waals surface area contributed by atoms with E-state index in [-0.39, 0.29) is 11.6 Å². The smallest absolute Gasteiger partial charge is 0.280 e. The van der Waals surface area contributed by atoms with Crippen molar-refractivity contribution >= 4 is 34.4 Å². The average Bonchev–Trinajstić information content (AvgIpc) is 2.65. The molecular weight excluding hydrogens is 389 g/mol. The van der Waals surface area contributed by atoms with Crippen LogP contribution in [0.25, 0.3) is 11.0 Å². The van der Waals surface area contributed by atoms with Crippen molar-refractivity contribution in [3.05, 3.63) is 67.2 Å². The van der Waals surface area contributed by atoms with E-state index in [4.69, 9.17) is 11.6 Å². The molecule has 3 rings (SSSR count). The lowest BCUT2D eigenvalue weighted by Crippen LogP contribution is -2.37. The third-order valence-electron chi connectivity index (χ3n) is 4.44. The number of hydrogen-bond donors (Lipinski definition) is 0. The number of rotatable bonds is 5. The summed E-state index contributed by atoms with van der Waals surface area (Å²) in [6.45, 7) is 2.03. The monoisotopic (exact) mass is 407 g/mol. The third-order valence-corrected chi connectivity index (χ3v) is 5.98. The molecule has 0 unspecified atom stereocenters. The van der Waals surface area contributed by atoms with Gasteiger partial charge < -0.3 is 0 Å². The molecule has 5 nitrogen and oxygen atoms in total. The molecule has 0 aliphatic carbocycles. The molecule has 0 aliphatic rings. The highest BCUT2D eigenvalue weighted by atomic mass is 35.5. The molecule has 0 aliphatic heterocycles. The molecule has 0 spiro atoms. The fourth-order valence-electron chi connectivity index (χ4n) is 2.97. The highest BCUT2D eigenvalue weighted by molar-refractivity contribution is 7.98. The second kappa shape index (κ2) is 7.86. The first kappa shape index (κ1) is 19.6. The Morgan fingerprint density at radius 2 is 1.96 bits per heavy atom. The van der Waals surface area contributed by atoms with E-state index in [9.17, 15) is 14.0 Å². The van der Waals surface area contributed by atoms with E-state index in [1.807, 2.05) is 6.92 Å². The molecule has 0 saturated carbocycles. The van der Waals surface area contributed by atoms with Crippen molar-refractivity contribution in [2.75, 3.05) is 0 Å². The zero-order valence-electron chi connectivity index (χ0n) is 15.3. The summed E-state index contributed by atoms with van der Waals surface area (Å²) in [5, 5.41) is 0.723. The van der Waals surface area contributed by atoms with Crippen LogP contribution >= 0.6 is 23.4 Å². The third kappa shape index (κ3) is 3.53. The Bertz CT molecular complexity index is 1120. The summed E-state index contributed by atoms with van der Waals surface area (Å²) in [5.74, 6) is -0.112. The zero-order valence-corrected chi connectivity index (χ0v) is 16.8. The van der Waals surface area contributed by atoms with Crippen molar-refractivity contribution in [3.63, 3.8) is 0 Å². The Balaban J connectivity index is 2.21. The van der Waals surface area contributed by atoms with Gasteiger partial charge in [-0.25, -0.2) is 14.2 Å². The maximum atomic E-state index is 14.2. The van der Waals surface area contributed by atoms with Crippen molar-refractivity contribution in [3.8, 4) is 0 Å². The second-order valence-electron chi connectivity index (χ2n) is 6.26. The summed E-state index contributed by atoms with van der Waals surface area (Å²) in [7, 11) is 3.03. The van der Waals surface area contributed by atoms with Crippen LogP contribution in [0.1, 0.15) is 24.5 Å². The van der Waals surface area contributed by atoms with E-state index in [1.54, 1.807) is 25.4 Å². The van der Waals surface area contributed by atoms with E-state index in [0.717, 1.165) is 27.9 Å². The van der Waals surface area contributed by atoms with Crippen LogP contribution in [-0.2, 0) is 26.3 Å². The van der Waals surface area contributed by atoms with Crippen molar-refractivity contribution in [1.29, 1.82) is 0 Å². The van der Waals surface area contributed by atoms with Crippen molar-refractivity contribution < 1.29 is 4.39 Å². The summed E-state index contributed by atoms with van der Waals surface area (Å²) in [6.07, 6.45) is 3.28. The SMILES string of the molecule is CCCc1cnc2c(c1SCc1c(F)cccc1Cl)c(=O)n(C)c(=O)n2C. The first-order valence-electron chi connectivity index (χ1n) is 8.50. The van der Waals surface area contributed by atoms with Crippen LogP contribution in [0.5, 0.6) is 0 Å². The van der Waals surface area contributed by atoms with E-state index < -0.39 is 11.2 Å². The van der Waals surface area contributed by atoms with Gasteiger partial charge in [-0.1, -0.05) is 31.0 Å². The molecule has 0 N–H and O–H groups in total. The summed E-state index contributed by atoms with van der Waals surface area (Å²) in [4.78, 5) is 30.1. The van der Waals surface area contributed by atoms with Gasteiger partial charge in [0.25, 0.3) is 5.56 Å². The van der Waals surface area contributed by atoms with Crippen LogP contribution in [0.2, 0.25) is 5.02 Å². The highest BCUT2D eigenvalue weighted by Crippen LogP contribution is 2.34. The van der Waals surface area contributed by atoms with Gasteiger partial charge in [0.05, 0.1) is 5.39 Å². The van der Waals surface area contributed by atoms with Crippen LogP contribution in [-0.4, -0.2) is 14.1 Å². The molecule has 2 aromatic heterocycles. The van der Waals surface area contributed by atoms with E-state index in [1.165, 1.54) is 29.4 Å². The highest BCUT2D eigenvalue weighted by Gasteiger charge is 2.18. The number of halogens is 2. The molecule has 0 saturated heterocycles. The molecule has 0 amide bonds. The van der Waals surface area contributed by atoms with Crippen LogP contribution in [0.15, 0.2) is 38.9 Å². The van der Waals surface area contributed by atoms with Crippen LogP contribution in [0.4, 0.5) is 4.39 Å². The maximum absolute atomic E-state index is 14.2.